The summed E-state index contributed by atoms with van der Waals surface area (Å²) in [5.74, 6) is -0.706. The average molecular weight is 534 g/mol. The molecule has 2 aromatic carbocycles. The molecular weight excluding hydrogens is 498 g/mol. The number of sulfonamides is 1. The summed E-state index contributed by atoms with van der Waals surface area (Å²) >= 11 is 6.16. The summed E-state index contributed by atoms with van der Waals surface area (Å²) in [7, 11) is -3.77. The summed E-state index contributed by atoms with van der Waals surface area (Å²) < 4.78 is 26.7. The Morgan fingerprint density at radius 1 is 1.08 bits per heavy atom. The molecule has 0 radical (unpaired) electrons. The molecule has 3 rings (SSSR count). The molecular formula is C27H36ClN3O4S. The molecule has 0 heterocycles. The molecule has 1 aliphatic carbocycles. The van der Waals surface area contributed by atoms with E-state index in [0.717, 1.165) is 52.9 Å². The smallest absolute Gasteiger partial charge is 0.244 e. The SMILES string of the molecule is Cc1cccc(N(CC(=O)N(Cc2cccc(Cl)c2)C(C)C(=O)NC2CCCCC2)S(C)(=O)=O)c1C. The molecule has 1 atom stereocenters. The quantitative estimate of drug-likeness (QED) is 0.511. The van der Waals surface area contributed by atoms with E-state index in [1.165, 1.54) is 11.3 Å². The Morgan fingerprint density at radius 3 is 2.39 bits per heavy atom. The molecule has 1 unspecified atom stereocenters. The van der Waals surface area contributed by atoms with Crippen LogP contribution in [0.4, 0.5) is 5.69 Å². The van der Waals surface area contributed by atoms with Crippen LogP contribution in [0, 0.1) is 13.8 Å². The first-order valence-electron chi connectivity index (χ1n) is 12.4. The molecule has 9 heteroatoms. The number of carbonyl (C=O) groups excluding carboxylic acids is 2. The van der Waals surface area contributed by atoms with Crippen molar-refractivity contribution in [2.45, 2.75) is 71.5 Å². The summed E-state index contributed by atoms with van der Waals surface area (Å²) in [6, 6.07) is 11.8. The van der Waals surface area contributed by atoms with Gasteiger partial charge in [0.2, 0.25) is 21.8 Å². The molecule has 0 saturated heterocycles. The summed E-state index contributed by atoms with van der Waals surface area (Å²) in [6.45, 7) is 5.12. The second kappa shape index (κ2) is 12.1. The highest BCUT2D eigenvalue weighted by atomic mass is 35.5. The van der Waals surface area contributed by atoms with E-state index < -0.39 is 28.5 Å². The largest absolute Gasteiger partial charge is 0.352 e. The number of hydrogen-bond acceptors (Lipinski definition) is 4. The standard InChI is InChI=1S/C27H36ClN3O4S/c1-19-10-8-15-25(20(19)2)31(36(4,34)35)18-26(32)30(17-22-11-9-12-23(28)16-22)21(3)27(33)29-24-13-6-5-7-14-24/h8-12,15-16,21,24H,5-7,13-14,17-18H2,1-4H3,(H,29,33). The minimum Gasteiger partial charge on any atom is -0.352 e. The summed E-state index contributed by atoms with van der Waals surface area (Å²) in [5, 5.41) is 3.61. The van der Waals surface area contributed by atoms with Gasteiger partial charge in [-0.1, -0.05) is 55.1 Å². The molecule has 2 amide bonds. The topological polar surface area (TPSA) is 86.8 Å². The van der Waals surface area contributed by atoms with Crippen LogP contribution in [-0.2, 0) is 26.2 Å². The molecule has 0 bridgehead atoms. The monoisotopic (exact) mass is 533 g/mol. The van der Waals surface area contributed by atoms with Crippen molar-refractivity contribution in [1.29, 1.82) is 0 Å². The van der Waals surface area contributed by atoms with Crippen molar-refractivity contribution in [2.24, 2.45) is 0 Å². The van der Waals surface area contributed by atoms with Crippen LogP contribution in [0.25, 0.3) is 0 Å². The van der Waals surface area contributed by atoms with Crippen LogP contribution in [0.5, 0.6) is 0 Å². The number of anilines is 1. The van der Waals surface area contributed by atoms with Gasteiger partial charge in [0.1, 0.15) is 12.6 Å². The third-order valence-electron chi connectivity index (χ3n) is 6.88. The molecule has 1 N–H and O–H groups in total. The van der Waals surface area contributed by atoms with Gasteiger partial charge in [0.05, 0.1) is 11.9 Å². The lowest BCUT2D eigenvalue weighted by Gasteiger charge is -2.33. The van der Waals surface area contributed by atoms with E-state index in [9.17, 15) is 18.0 Å². The fourth-order valence-electron chi connectivity index (χ4n) is 4.58. The van der Waals surface area contributed by atoms with Gasteiger partial charge in [0.25, 0.3) is 0 Å². The fraction of sp³-hybridized carbons (Fsp3) is 0.481. The first-order valence-corrected chi connectivity index (χ1v) is 14.6. The van der Waals surface area contributed by atoms with Crippen LogP contribution in [0.1, 0.15) is 55.7 Å². The van der Waals surface area contributed by atoms with E-state index in [-0.39, 0.29) is 18.5 Å². The van der Waals surface area contributed by atoms with Gasteiger partial charge in [-0.15, -0.1) is 0 Å². The average Bonchev–Trinajstić information content (AvgIpc) is 2.82. The number of nitrogens with zero attached hydrogens (tertiary/aromatic N) is 2. The normalized spacial score (nSPS) is 15.2. The molecule has 7 nitrogen and oxygen atoms in total. The van der Waals surface area contributed by atoms with Gasteiger partial charge in [-0.2, -0.15) is 0 Å². The predicted molar refractivity (Wildman–Crippen MR) is 145 cm³/mol. The van der Waals surface area contributed by atoms with Crippen LogP contribution in [0.15, 0.2) is 42.5 Å². The highest BCUT2D eigenvalue weighted by Crippen LogP contribution is 2.26. The third-order valence-corrected chi connectivity index (χ3v) is 8.25. The van der Waals surface area contributed by atoms with E-state index in [4.69, 9.17) is 11.6 Å². The van der Waals surface area contributed by atoms with Crippen molar-refractivity contribution in [1.82, 2.24) is 10.2 Å². The molecule has 0 aliphatic heterocycles. The Labute approximate surface area is 219 Å². The van der Waals surface area contributed by atoms with Crippen LogP contribution < -0.4 is 9.62 Å². The molecule has 1 saturated carbocycles. The maximum Gasteiger partial charge on any atom is 0.244 e. The maximum absolute atomic E-state index is 13.7. The van der Waals surface area contributed by atoms with E-state index in [0.29, 0.717) is 10.7 Å². The number of carbonyl (C=O) groups is 2. The summed E-state index contributed by atoms with van der Waals surface area (Å²) in [5.41, 5.74) is 2.91. The van der Waals surface area contributed by atoms with Crippen LogP contribution in [-0.4, -0.2) is 50.0 Å². The molecule has 1 fully saturated rings. The number of benzene rings is 2. The summed E-state index contributed by atoms with van der Waals surface area (Å²) in [6.07, 6.45) is 6.25. The van der Waals surface area contributed by atoms with Crippen molar-refractivity contribution in [2.75, 3.05) is 17.1 Å². The van der Waals surface area contributed by atoms with Gasteiger partial charge in [-0.05, 0) is 68.5 Å². The van der Waals surface area contributed by atoms with Crippen molar-refractivity contribution in [3.8, 4) is 0 Å². The van der Waals surface area contributed by atoms with E-state index in [1.807, 2.05) is 26.0 Å². The van der Waals surface area contributed by atoms with Crippen molar-refractivity contribution in [3.05, 3.63) is 64.2 Å². The number of aryl methyl sites for hydroxylation is 1. The minimum atomic E-state index is -3.77. The van der Waals surface area contributed by atoms with Crippen molar-refractivity contribution >= 4 is 39.1 Å². The molecule has 0 aromatic heterocycles. The van der Waals surface area contributed by atoms with Crippen LogP contribution >= 0.6 is 11.6 Å². The van der Waals surface area contributed by atoms with Gasteiger partial charge in [-0.25, -0.2) is 8.42 Å². The van der Waals surface area contributed by atoms with Crippen molar-refractivity contribution in [3.63, 3.8) is 0 Å². The summed E-state index contributed by atoms with van der Waals surface area (Å²) in [4.78, 5) is 28.3. The van der Waals surface area contributed by atoms with E-state index in [1.54, 1.807) is 37.3 Å². The fourth-order valence-corrected chi connectivity index (χ4v) is 5.70. The number of halogens is 1. The van der Waals surface area contributed by atoms with Crippen LogP contribution in [0.2, 0.25) is 5.02 Å². The zero-order valence-electron chi connectivity index (χ0n) is 21.5. The molecule has 36 heavy (non-hydrogen) atoms. The Kier molecular flexibility index (Phi) is 9.41. The Hall–Kier alpha value is -2.58. The van der Waals surface area contributed by atoms with Crippen LogP contribution in [0.3, 0.4) is 0 Å². The highest BCUT2D eigenvalue weighted by molar-refractivity contribution is 7.92. The second-order valence-electron chi connectivity index (χ2n) is 9.66. The van der Waals surface area contributed by atoms with Gasteiger partial charge >= 0.3 is 0 Å². The molecule has 196 valence electrons. The number of rotatable bonds is 9. The Bertz CT molecular complexity index is 1200. The molecule has 0 spiro atoms. The first kappa shape index (κ1) is 28.0. The predicted octanol–water partition coefficient (Wildman–Crippen LogP) is 4.59. The lowest BCUT2D eigenvalue weighted by Crippen LogP contribution is -2.53. The highest BCUT2D eigenvalue weighted by Gasteiger charge is 2.31. The first-order chi connectivity index (χ1) is 17.0. The Balaban J connectivity index is 1.90. The minimum absolute atomic E-state index is 0.0966. The number of amides is 2. The van der Waals surface area contributed by atoms with Gasteiger partial charge in [0.15, 0.2) is 0 Å². The number of hydrogen-bond donors (Lipinski definition) is 1. The van der Waals surface area contributed by atoms with E-state index >= 15 is 0 Å². The Morgan fingerprint density at radius 2 is 1.75 bits per heavy atom. The second-order valence-corrected chi connectivity index (χ2v) is 12.0. The van der Waals surface area contributed by atoms with Crippen molar-refractivity contribution < 1.29 is 18.0 Å². The maximum atomic E-state index is 13.7. The van der Waals surface area contributed by atoms with Gasteiger partial charge in [-0.3, -0.25) is 13.9 Å². The third kappa shape index (κ3) is 7.23. The molecule has 1 aliphatic rings. The molecule has 2 aromatic rings. The zero-order chi connectivity index (χ0) is 26.5. The zero-order valence-corrected chi connectivity index (χ0v) is 23.0. The van der Waals surface area contributed by atoms with Gasteiger partial charge in [0, 0.05) is 17.6 Å². The van der Waals surface area contributed by atoms with Gasteiger partial charge < -0.3 is 10.2 Å². The van der Waals surface area contributed by atoms with E-state index in [2.05, 4.69) is 5.32 Å². The number of nitrogens with one attached hydrogen (secondary N) is 1. The lowest BCUT2D eigenvalue weighted by molar-refractivity contribution is -0.139. The lowest BCUT2D eigenvalue weighted by atomic mass is 9.95.